The van der Waals surface area contributed by atoms with Gasteiger partial charge in [-0.15, -0.1) is 0 Å². The molecule has 1 aromatic heterocycles. The summed E-state index contributed by atoms with van der Waals surface area (Å²) in [5.74, 6) is 0.0736. The van der Waals surface area contributed by atoms with Crippen LogP contribution in [0.3, 0.4) is 0 Å². The highest BCUT2D eigenvalue weighted by Gasteiger charge is 2.29. The lowest BCUT2D eigenvalue weighted by Gasteiger charge is -2.15. The number of carbonyl (C=O) groups is 1. The highest BCUT2D eigenvalue weighted by Crippen LogP contribution is 2.33. The summed E-state index contributed by atoms with van der Waals surface area (Å²) in [5, 5.41) is 10.5. The minimum Gasteiger partial charge on any atom is -0.325 e. The number of rotatable bonds is 7. The molecule has 1 amide bonds. The summed E-state index contributed by atoms with van der Waals surface area (Å²) >= 11 is 0. The Kier molecular flexibility index (Phi) is 4.48. The van der Waals surface area contributed by atoms with E-state index < -0.39 is 0 Å². The Morgan fingerprint density at radius 2 is 2.27 bits per heavy atom. The number of amides is 1. The van der Waals surface area contributed by atoms with Gasteiger partial charge in [-0.3, -0.25) is 9.48 Å². The van der Waals surface area contributed by atoms with Crippen LogP contribution in [-0.4, -0.2) is 33.3 Å². The maximum atomic E-state index is 12.0. The Morgan fingerprint density at radius 3 is 3.09 bits per heavy atom. The van der Waals surface area contributed by atoms with Gasteiger partial charge < -0.3 is 10.6 Å². The van der Waals surface area contributed by atoms with E-state index in [1.807, 2.05) is 28.9 Å². The fourth-order valence-corrected chi connectivity index (χ4v) is 2.81. The molecule has 6 heteroatoms. The van der Waals surface area contributed by atoms with Crippen molar-refractivity contribution in [1.29, 1.82) is 0 Å². The third kappa shape index (κ3) is 3.33. The molecule has 0 saturated heterocycles. The van der Waals surface area contributed by atoms with E-state index in [1.54, 1.807) is 12.7 Å². The molecule has 2 aromatic rings. The molecule has 2 N–H and O–H groups in total. The Balaban J connectivity index is 1.44. The topological polar surface area (TPSA) is 71.8 Å². The molecule has 0 saturated carbocycles. The summed E-state index contributed by atoms with van der Waals surface area (Å²) in [5.41, 5.74) is 2.07. The highest BCUT2D eigenvalue weighted by atomic mass is 16.2. The quantitative estimate of drug-likeness (QED) is 0.817. The largest absolute Gasteiger partial charge is 0.325 e. The zero-order valence-electron chi connectivity index (χ0n) is 12.7. The van der Waals surface area contributed by atoms with Crippen LogP contribution in [0, 0.1) is 0 Å². The molecule has 0 unspecified atom stereocenters. The molecule has 1 aliphatic rings. The second-order valence-corrected chi connectivity index (χ2v) is 5.72. The van der Waals surface area contributed by atoms with E-state index in [0.29, 0.717) is 6.04 Å². The van der Waals surface area contributed by atoms with Crippen molar-refractivity contribution >= 4 is 11.6 Å². The molecule has 0 aliphatic carbocycles. The van der Waals surface area contributed by atoms with Gasteiger partial charge in [0, 0.05) is 18.3 Å². The first kappa shape index (κ1) is 14.7. The van der Waals surface area contributed by atoms with Crippen molar-refractivity contribution in [2.75, 3.05) is 11.9 Å². The number of aryl methyl sites for hydroxylation is 1. The van der Waals surface area contributed by atoms with Gasteiger partial charge in [0.15, 0.2) is 0 Å². The smallest absolute Gasteiger partial charge is 0.232 e. The van der Waals surface area contributed by atoms with Crippen LogP contribution < -0.4 is 10.6 Å². The molecule has 22 heavy (non-hydrogen) atoms. The molecule has 6 nitrogen and oxygen atoms in total. The second-order valence-electron chi connectivity index (χ2n) is 5.72. The SMILES string of the molecule is C[C@H](CCn1cncn1)NCC[C@@H]1C(=O)Nc2ccccc21. The van der Waals surface area contributed by atoms with E-state index in [9.17, 15) is 4.79 Å². The lowest BCUT2D eigenvalue weighted by Crippen LogP contribution is -2.30. The molecule has 0 fully saturated rings. The summed E-state index contributed by atoms with van der Waals surface area (Å²) in [6.07, 6.45) is 5.08. The zero-order chi connectivity index (χ0) is 15.4. The molecule has 0 radical (unpaired) electrons. The number of aromatic nitrogens is 3. The normalized spacial score (nSPS) is 18.0. The lowest BCUT2D eigenvalue weighted by atomic mass is 9.97. The molecular formula is C16H21N5O. The van der Waals surface area contributed by atoms with Gasteiger partial charge >= 0.3 is 0 Å². The van der Waals surface area contributed by atoms with Gasteiger partial charge in [-0.1, -0.05) is 18.2 Å². The summed E-state index contributed by atoms with van der Waals surface area (Å²) in [7, 11) is 0. The molecular weight excluding hydrogens is 278 g/mol. The van der Waals surface area contributed by atoms with Gasteiger partial charge in [-0.05, 0) is 37.9 Å². The molecule has 116 valence electrons. The van der Waals surface area contributed by atoms with Gasteiger partial charge in [-0.2, -0.15) is 5.10 Å². The Bertz CT molecular complexity index is 625. The van der Waals surface area contributed by atoms with Crippen LogP contribution in [0.25, 0.3) is 0 Å². The van der Waals surface area contributed by atoms with E-state index in [4.69, 9.17) is 0 Å². The van der Waals surface area contributed by atoms with Crippen LogP contribution in [0.2, 0.25) is 0 Å². The molecule has 3 rings (SSSR count). The van der Waals surface area contributed by atoms with Crippen molar-refractivity contribution in [3.63, 3.8) is 0 Å². The summed E-state index contributed by atoms with van der Waals surface area (Å²) in [6, 6.07) is 8.31. The van der Waals surface area contributed by atoms with E-state index in [1.165, 1.54) is 0 Å². The van der Waals surface area contributed by atoms with E-state index in [-0.39, 0.29) is 11.8 Å². The first-order valence-electron chi connectivity index (χ1n) is 7.69. The number of benzene rings is 1. The zero-order valence-corrected chi connectivity index (χ0v) is 12.7. The van der Waals surface area contributed by atoms with Crippen LogP contribution in [0.5, 0.6) is 0 Å². The van der Waals surface area contributed by atoms with Crippen LogP contribution in [-0.2, 0) is 11.3 Å². The van der Waals surface area contributed by atoms with Crippen molar-refractivity contribution in [3.05, 3.63) is 42.5 Å². The maximum Gasteiger partial charge on any atom is 0.232 e. The number of carbonyl (C=O) groups excluding carboxylic acids is 1. The average Bonchev–Trinajstić information content (AvgIpc) is 3.13. The van der Waals surface area contributed by atoms with Crippen molar-refractivity contribution in [2.45, 2.75) is 38.3 Å². The first-order chi connectivity index (χ1) is 10.7. The first-order valence-corrected chi connectivity index (χ1v) is 7.69. The molecule has 1 aliphatic heterocycles. The molecule has 2 atom stereocenters. The summed E-state index contributed by atoms with van der Waals surface area (Å²) in [4.78, 5) is 16.0. The van der Waals surface area contributed by atoms with Crippen LogP contribution in [0.4, 0.5) is 5.69 Å². The predicted octanol–water partition coefficient (Wildman–Crippen LogP) is 1.77. The van der Waals surface area contributed by atoms with Gasteiger partial charge in [0.05, 0.1) is 5.92 Å². The maximum absolute atomic E-state index is 12.0. The molecule has 1 aromatic carbocycles. The van der Waals surface area contributed by atoms with Crippen molar-refractivity contribution in [3.8, 4) is 0 Å². The highest BCUT2D eigenvalue weighted by molar-refractivity contribution is 6.02. The standard InChI is InChI=1S/C16H21N5O/c1-12(7-9-21-11-17-10-19-21)18-8-6-14-13-4-2-3-5-15(13)20-16(14)22/h2-5,10-12,14,18H,6-9H2,1H3,(H,20,22)/t12-,14+/m1/s1. The number of fused-ring (bicyclic) bond motifs is 1. The number of anilines is 1. The molecule has 0 spiro atoms. The fraction of sp³-hybridized carbons (Fsp3) is 0.438. The summed E-state index contributed by atoms with van der Waals surface area (Å²) < 4.78 is 1.83. The minimum atomic E-state index is -0.0359. The lowest BCUT2D eigenvalue weighted by molar-refractivity contribution is -0.117. The van der Waals surface area contributed by atoms with Crippen molar-refractivity contribution in [1.82, 2.24) is 20.1 Å². The second kappa shape index (κ2) is 6.70. The minimum absolute atomic E-state index is 0.0359. The monoisotopic (exact) mass is 299 g/mol. The van der Waals surface area contributed by atoms with Crippen molar-refractivity contribution < 1.29 is 4.79 Å². The van der Waals surface area contributed by atoms with Crippen LogP contribution >= 0.6 is 0 Å². The Labute approximate surface area is 129 Å². The third-order valence-corrected chi connectivity index (χ3v) is 4.09. The number of nitrogens with one attached hydrogen (secondary N) is 2. The van der Waals surface area contributed by atoms with E-state index in [0.717, 1.165) is 37.2 Å². The number of hydrogen-bond acceptors (Lipinski definition) is 4. The van der Waals surface area contributed by atoms with Crippen molar-refractivity contribution in [2.24, 2.45) is 0 Å². The predicted molar refractivity (Wildman–Crippen MR) is 84.5 cm³/mol. The Hall–Kier alpha value is -2.21. The number of hydrogen-bond donors (Lipinski definition) is 2. The average molecular weight is 299 g/mol. The van der Waals surface area contributed by atoms with Gasteiger partial charge in [0.2, 0.25) is 5.91 Å². The van der Waals surface area contributed by atoms with Gasteiger partial charge in [0.1, 0.15) is 12.7 Å². The fourth-order valence-electron chi connectivity index (χ4n) is 2.81. The van der Waals surface area contributed by atoms with Crippen LogP contribution in [0.15, 0.2) is 36.9 Å². The third-order valence-electron chi connectivity index (χ3n) is 4.09. The Morgan fingerprint density at radius 1 is 1.41 bits per heavy atom. The van der Waals surface area contributed by atoms with Crippen LogP contribution in [0.1, 0.15) is 31.2 Å². The van der Waals surface area contributed by atoms with E-state index >= 15 is 0 Å². The molecule has 2 heterocycles. The van der Waals surface area contributed by atoms with Gasteiger partial charge in [-0.25, -0.2) is 4.98 Å². The van der Waals surface area contributed by atoms with E-state index in [2.05, 4.69) is 27.6 Å². The number of nitrogens with zero attached hydrogens (tertiary/aromatic N) is 3. The number of para-hydroxylation sites is 1. The molecule has 0 bridgehead atoms. The summed E-state index contributed by atoms with van der Waals surface area (Å²) in [6.45, 7) is 3.82. The van der Waals surface area contributed by atoms with Gasteiger partial charge in [0.25, 0.3) is 0 Å².